The Morgan fingerprint density at radius 3 is 1.83 bits per heavy atom. The van der Waals surface area contributed by atoms with Gasteiger partial charge in [0.2, 0.25) is 0 Å². The van der Waals surface area contributed by atoms with Gasteiger partial charge in [0.25, 0.3) is 0 Å². The van der Waals surface area contributed by atoms with Crippen LogP contribution in [0.3, 0.4) is 0 Å². The molecule has 0 radical (unpaired) electrons. The Hall–Kier alpha value is -0.188. The monoisotopic (exact) mass is 118 g/mol. The van der Waals surface area contributed by atoms with E-state index >= 15 is 0 Å². The molecule has 0 aliphatic rings. The van der Waals surface area contributed by atoms with Crippen LogP contribution < -0.4 is 0 Å². The van der Waals surface area contributed by atoms with E-state index in [2.05, 4.69) is 16.5 Å². The minimum atomic E-state index is 1.88. The average molecular weight is 118 g/mol. The van der Waals surface area contributed by atoms with Gasteiger partial charge in [-0.2, -0.15) is 0 Å². The Balaban J connectivity index is 3.05. The van der Waals surface area contributed by atoms with E-state index in [1.165, 1.54) is 0 Å². The van der Waals surface area contributed by atoms with Gasteiger partial charge in [0, 0.05) is 0 Å². The molecule has 0 aliphatic carbocycles. The summed E-state index contributed by atoms with van der Waals surface area (Å²) < 4.78 is 1.88. The van der Waals surface area contributed by atoms with E-state index in [4.69, 9.17) is 0 Å². The Bertz CT molecular complexity index is 111. The molecule has 1 heterocycles. The fraction of sp³-hybridized carbons (Fsp3) is 0. The molecule has 2 heteroatoms. The van der Waals surface area contributed by atoms with Gasteiger partial charge in [-0.05, 0) is 0 Å². The first-order valence-electron chi connectivity index (χ1n) is 1.70. The molecule has 1 nitrogen and oxygen atoms in total. The van der Waals surface area contributed by atoms with Crippen molar-refractivity contribution < 1.29 is 16.5 Å². The molecule has 0 aliphatic heterocycles. The first-order chi connectivity index (χ1) is 2.89. The third kappa shape index (κ3) is 0.650. The van der Waals surface area contributed by atoms with Crippen molar-refractivity contribution in [2.24, 2.45) is 0 Å². The maximum atomic E-state index is 2.80. The van der Waals surface area contributed by atoms with Crippen LogP contribution in [-0.2, 0) is 16.5 Å². The van der Waals surface area contributed by atoms with E-state index in [0.29, 0.717) is 0 Å². The van der Waals surface area contributed by atoms with Crippen LogP contribution in [0.25, 0.3) is 0 Å². The fourth-order valence-corrected chi connectivity index (χ4v) is 0.538. The number of nitrogens with zero attached hydrogens (tertiary/aromatic N) is 1. The number of hydrogen-bond acceptors (Lipinski definition) is 0. The molecular weight excluding hydrogens is 114 g/mol. The van der Waals surface area contributed by atoms with E-state index < -0.39 is 0 Å². The Labute approximate surface area is 45.2 Å². The summed E-state index contributed by atoms with van der Waals surface area (Å²) in [5, 5.41) is 0. The van der Waals surface area contributed by atoms with Crippen molar-refractivity contribution >= 4 is 0 Å². The normalized spacial score (nSPS) is 8.67. The minimum absolute atomic E-state index is 1.88. The van der Waals surface area contributed by atoms with Crippen molar-refractivity contribution in [3.63, 3.8) is 0 Å². The maximum absolute atomic E-state index is 2.80. The molecule has 0 unspecified atom stereocenters. The first kappa shape index (κ1) is 3.98. The van der Waals surface area contributed by atoms with Gasteiger partial charge in [0.1, 0.15) is 0 Å². The molecule has 1 rings (SSSR count). The quantitative estimate of drug-likeness (QED) is 0.474. The molecule has 0 saturated heterocycles. The van der Waals surface area contributed by atoms with Crippen molar-refractivity contribution in [3.8, 4) is 0 Å². The van der Waals surface area contributed by atoms with E-state index in [-0.39, 0.29) is 0 Å². The predicted octanol–water partition coefficient (Wildman–Crippen LogP) is 0.798. The van der Waals surface area contributed by atoms with Crippen molar-refractivity contribution in [3.05, 3.63) is 24.5 Å². The SMILES string of the molecule is [Cr][n]1cccc1. The van der Waals surface area contributed by atoms with Gasteiger partial charge in [0.15, 0.2) is 0 Å². The van der Waals surface area contributed by atoms with Crippen molar-refractivity contribution in [1.82, 2.24) is 3.55 Å². The summed E-state index contributed by atoms with van der Waals surface area (Å²) in [7, 11) is 0. The van der Waals surface area contributed by atoms with Crippen LogP contribution in [0.5, 0.6) is 0 Å². The molecule has 0 bridgehead atoms. The van der Waals surface area contributed by atoms with E-state index in [1.54, 1.807) is 0 Å². The van der Waals surface area contributed by atoms with Crippen LogP contribution in [0.1, 0.15) is 0 Å². The molecule has 6 heavy (non-hydrogen) atoms. The van der Waals surface area contributed by atoms with Gasteiger partial charge >= 0.3 is 44.6 Å². The predicted molar refractivity (Wildman–Crippen MR) is 19.8 cm³/mol. The number of aromatic nitrogens is 1. The third-order valence-corrected chi connectivity index (χ3v) is 0.957. The van der Waals surface area contributed by atoms with Gasteiger partial charge in [-0.1, -0.05) is 0 Å². The molecule has 31 valence electrons. The summed E-state index contributed by atoms with van der Waals surface area (Å²) in [6, 6.07) is 3.94. The van der Waals surface area contributed by atoms with Crippen molar-refractivity contribution in [2.75, 3.05) is 0 Å². The summed E-state index contributed by atoms with van der Waals surface area (Å²) in [5.41, 5.74) is 0. The molecule has 0 saturated carbocycles. The van der Waals surface area contributed by atoms with Crippen LogP contribution in [0, 0.1) is 0 Å². The topological polar surface area (TPSA) is 4.93 Å². The molecule has 1 aromatic rings. The summed E-state index contributed by atoms with van der Waals surface area (Å²) in [5.74, 6) is 0. The van der Waals surface area contributed by atoms with E-state index in [9.17, 15) is 0 Å². The number of hydrogen-bond donors (Lipinski definition) is 0. The standard InChI is InChI=1S/C4H4N.Cr/c1-2-4-5-3-1;/h1-4H;/q-1;+1. The third-order valence-electron chi connectivity index (χ3n) is 0.577. The summed E-state index contributed by atoms with van der Waals surface area (Å²) in [6.07, 6.45) is 3.89. The zero-order chi connectivity index (χ0) is 4.41. The van der Waals surface area contributed by atoms with E-state index in [0.717, 1.165) is 0 Å². The molecule has 0 N–H and O–H groups in total. The van der Waals surface area contributed by atoms with Crippen LogP contribution in [0.15, 0.2) is 24.5 Å². The second-order valence-corrected chi connectivity index (χ2v) is 1.70. The van der Waals surface area contributed by atoms with Gasteiger partial charge < -0.3 is 0 Å². The summed E-state index contributed by atoms with van der Waals surface area (Å²) in [4.78, 5) is 0. The zero-order valence-electron chi connectivity index (χ0n) is 3.16. The van der Waals surface area contributed by atoms with Crippen molar-refractivity contribution in [2.45, 2.75) is 0 Å². The fourth-order valence-electron chi connectivity index (χ4n) is 0.319. The summed E-state index contributed by atoms with van der Waals surface area (Å²) >= 11 is 2.80. The Morgan fingerprint density at radius 2 is 1.67 bits per heavy atom. The van der Waals surface area contributed by atoms with Crippen molar-refractivity contribution in [1.29, 1.82) is 0 Å². The Kier molecular flexibility index (Phi) is 1.00. The molecule has 0 fully saturated rings. The van der Waals surface area contributed by atoms with Gasteiger partial charge in [-0.25, -0.2) is 0 Å². The number of rotatable bonds is 0. The Morgan fingerprint density at radius 1 is 1.17 bits per heavy atom. The van der Waals surface area contributed by atoms with Crippen LogP contribution in [0.4, 0.5) is 0 Å². The molecule has 0 spiro atoms. The molecular formula is C4H4CrN. The molecule has 0 aromatic carbocycles. The van der Waals surface area contributed by atoms with Gasteiger partial charge in [-0.15, -0.1) is 0 Å². The van der Waals surface area contributed by atoms with Gasteiger partial charge in [-0.3, -0.25) is 0 Å². The van der Waals surface area contributed by atoms with Gasteiger partial charge in [0.05, 0.1) is 0 Å². The van der Waals surface area contributed by atoms with Crippen LogP contribution >= 0.6 is 0 Å². The zero-order valence-corrected chi connectivity index (χ0v) is 4.44. The molecule has 1 aromatic heterocycles. The summed E-state index contributed by atoms with van der Waals surface area (Å²) in [6.45, 7) is 0. The second-order valence-electron chi connectivity index (χ2n) is 1.04. The van der Waals surface area contributed by atoms with Crippen LogP contribution in [-0.4, -0.2) is 3.55 Å². The van der Waals surface area contributed by atoms with Crippen LogP contribution in [0.2, 0.25) is 0 Å². The second kappa shape index (κ2) is 1.51. The first-order valence-corrected chi connectivity index (χ1v) is 2.27. The molecule has 0 amide bonds. The van der Waals surface area contributed by atoms with E-state index in [1.807, 2.05) is 28.1 Å². The average Bonchev–Trinajstić information content (AvgIpc) is 1.86. The molecule has 0 atom stereocenters.